The Morgan fingerprint density at radius 2 is 1.94 bits per heavy atom. The lowest BCUT2D eigenvalue weighted by Crippen LogP contribution is -2.28. The zero-order chi connectivity index (χ0) is 13.3. The molecule has 1 aromatic rings. The van der Waals surface area contributed by atoms with Crippen molar-refractivity contribution in [1.29, 1.82) is 5.26 Å². The molecule has 17 heavy (non-hydrogen) atoms. The Morgan fingerprint density at radius 1 is 1.35 bits per heavy atom. The van der Waals surface area contributed by atoms with E-state index in [0.717, 1.165) is 12.1 Å². The maximum absolute atomic E-state index is 12.0. The number of rotatable bonds is 2. The minimum atomic E-state index is -5.79. The molecule has 0 atom stereocenters. The van der Waals surface area contributed by atoms with Crippen LogP contribution in [0, 0.1) is 11.3 Å². The maximum atomic E-state index is 12.0. The monoisotopic (exact) mass is 285 g/mol. The first kappa shape index (κ1) is 13.6. The van der Waals surface area contributed by atoms with Gasteiger partial charge in [0.2, 0.25) is 0 Å². The van der Waals surface area contributed by atoms with Crippen molar-refractivity contribution in [2.75, 3.05) is 0 Å². The standard InChI is InChI=1S/C8H3ClF3NO3S/c9-7-5(4-13)2-1-3-6(7)16-17(14,15)8(10,11)12/h1-3H. The van der Waals surface area contributed by atoms with Crippen LogP contribution in [0.1, 0.15) is 5.56 Å². The first-order chi connectivity index (χ1) is 7.69. The Labute approximate surface area is 99.3 Å². The van der Waals surface area contributed by atoms with Crippen molar-refractivity contribution < 1.29 is 25.8 Å². The van der Waals surface area contributed by atoms with Crippen LogP contribution in [0.15, 0.2) is 18.2 Å². The summed E-state index contributed by atoms with van der Waals surface area (Å²) in [6.07, 6.45) is 0. The number of nitrogens with zero attached hydrogens (tertiary/aromatic N) is 1. The highest BCUT2D eigenvalue weighted by Crippen LogP contribution is 2.32. The average molecular weight is 286 g/mol. The van der Waals surface area contributed by atoms with E-state index in [1.807, 2.05) is 0 Å². The van der Waals surface area contributed by atoms with Gasteiger partial charge in [0.1, 0.15) is 11.1 Å². The molecule has 0 aliphatic heterocycles. The molecule has 0 saturated carbocycles. The lowest BCUT2D eigenvalue weighted by molar-refractivity contribution is -0.0500. The second kappa shape index (κ2) is 4.43. The van der Waals surface area contributed by atoms with E-state index in [4.69, 9.17) is 16.9 Å². The predicted octanol–water partition coefficient (Wildman–Crippen LogP) is 2.44. The van der Waals surface area contributed by atoms with E-state index in [-0.39, 0.29) is 5.56 Å². The topological polar surface area (TPSA) is 67.2 Å². The molecule has 0 aliphatic carbocycles. The summed E-state index contributed by atoms with van der Waals surface area (Å²) in [5.41, 5.74) is -5.75. The minimum absolute atomic E-state index is 0.193. The van der Waals surface area contributed by atoms with Crippen LogP contribution in [-0.2, 0) is 10.1 Å². The molecule has 0 N–H and O–H groups in total. The van der Waals surface area contributed by atoms with Crippen molar-refractivity contribution in [1.82, 2.24) is 0 Å². The van der Waals surface area contributed by atoms with E-state index < -0.39 is 26.4 Å². The van der Waals surface area contributed by atoms with E-state index >= 15 is 0 Å². The number of halogens is 4. The van der Waals surface area contributed by atoms with E-state index in [1.165, 1.54) is 6.07 Å². The molecule has 0 fully saturated rings. The zero-order valence-electron chi connectivity index (χ0n) is 7.82. The molecule has 92 valence electrons. The van der Waals surface area contributed by atoms with Crippen LogP contribution in [0.5, 0.6) is 5.75 Å². The van der Waals surface area contributed by atoms with Crippen molar-refractivity contribution >= 4 is 21.7 Å². The summed E-state index contributed by atoms with van der Waals surface area (Å²) in [5, 5.41) is 8.04. The fourth-order valence-corrected chi connectivity index (χ4v) is 1.55. The van der Waals surface area contributed by atoms with Crippen molar-refractivity contribution in [3.05, 3.63) is 28.8 Å². The average Bonchev–Trinajstić information content (AvgIpc) is 2.19. The molecule has 0 aliphatic rings. The fraction of sp³-hybridized carbons (Fsp3) is 0.125. The molecule has 9 heteroatoms. The highest BCUT2D eigenvalue weighted by atomic mass is 35.5. The summed E-state index contributed by atoms with van der Waals surface area (Å²) in [6, 6.07) is 4.83. The molecule has 0 amide bonds. The van der Waals surface area contributed by atoms with Gasteiger partial charge in [-0.3, -0.25) is 0 Å². The first-order valence-electron chi connectivity index (χ1n) is 3.88. The van der Waals surface area contributed by atoms with Gasteiger partial charge in [-0.25, -0.2) is 0 Å². The highest BCUT2D eigenvalue weighted by Gasteiger charge is 2.48. The molecule has 0 spiro atoms. The third kappa shape index (κ3) is 2.81. The highest BCUT2D eigenvalue weighted by molar-refractivity contribution is 7.88. The molecular formula is C8H3ClF3NO3S. The zero-order valence-corrected chi connectivity index (χ0v) is 9.40. The number of nitriles is 1. The Kier molecular flexibility index (Phi) is 3.54. The predicted molar refractivity (Wildman–Crippen MR) is 51.8 cm³/mol. The molecule has 0 bridgehead atoms. The summed E-state index contributed by atoms with van der Waals surface area (Å²) in [6.45, 7) is 0. The molecule has 1 aromatic carbocycles. The SMILES string of the molecule is N#Cc1cccc(OS(=O)(=O)C(F)(F)F)c1Cl. The fourth-order valence-electron chi connectivity index (χ4n) is 0.827. The lowest BCUT2D eigenvalue weighted by atomic mass is 10.2. The van der Waals surface area contributed by atoms with Crippen LogP contribution >= 0.6 is 11.6 Å². The smallest absolute Gasteiger partial charge is 0.374 e. The number of hydrogen-bond acceptors (Lipinski definition) is 4. The summed E-state index contributed by atoms with van der Waals surface area (Å²) in [7, 11) is -5.79. The number of alkyl halides is 3. The van der Waals surface area contributed by atoms with Crippen molar-refractivity contribution in [3.63, 3.8) is 0 Å². The Bertz CT molecular complexity index is 577. The number of benzene rings is 1. The van der Waals surface area contributed by atoms with Gasteiger partial charge in [-0.1, -0.05) is 17.7 Å². The third-order valence-electron chi connectivity index (χ3n) is 1.57. The summed E-state index contributed by atoms with van der Waals surface area (Å²) in [5.74, 6) is -0.747. The molecule has 0 radical (unpaired) electrons. The molecule has 0 heterocycles. The molecule has 4 nitrogen and oxygen atoms in total. The molecule has 0 saturated heterocycles. The summed E-state index contributed by atoms with van der Waals surface area (Å²) >= 11 is 5.49. The van der Waals surface area contributed by atoms with Crippen LogP contribution in [0.4, 0.5) is 13.2 Å². The van der Waals surface area contributed by atoms with Gasteiger partial charge in [0, 0.05) is 0 Å². The van der Waals surface area contributed by atoms with E-state index in [2.05, 4.69) is 4.18 Å². The lowest BCUT2D eigenvalue weighted by Gasteiger charge is -2.10. The maximum Gasteiger partial charge on any atom is 0.534 e. The van der Waals surface area contributed by atoms with Gasteiger partial charge in [0.15, 0.2) is 5.75 Å². The van der Waals surface area contributed by atoms with Gasteiger partial charge in [-0.15, -0.1) is 0 Å². The third-order valence-corrected chi connectivity index (χ3v) is 2.92. The Morgan fingerprint density at radius 3 is 2.41 bits per heavy atom. The van der Waals surface area contributed by atoms with Crippen LogP contribution in [0.2, 0.25) is 5.02 Å². The minimum Gasteiger partial charge on any atom is -0.374 e. The van der Waals surface area contributed by atoms with Crippen molar-refractivity contribution in [2.24, 2.45) is 0 Å². The van der Waals surface area contributed by atoms with Crippen molar-refractivity contribution in [2.45, 2.75) is 5.51 Å². The van der Waals surface area contributed by atoms with Gasteiger partial charge >= 0.3 is 15.6 Å². The molecule has 1 rings (SSSR count). The number of hydrogen-bond donors (Lipinski definition) is 0. The molecule has 0 unspecified atom stereocenters. The molecular weight excluding hydrogens is 283 g/mol. The van der Waals surface area contributed by atoms with Crippen LogP contribution in [0.25, 0.3) is 0 Å². The second-order valence-electron chi connectivity index (χ2n) is 2.71. The Balaban J connectivity index is 3.19. The normalized spacial score (nSPS) is 11.9. The molecule has 0 aromatic heterocycles. The van der Waals surface area contributed by atoms with Gasteiger partial charge < -0.3 is 4.18 Å². The van der Waals surface area contributed by atoms with Gasteiger partial charge in [0.25, 0.3) is 0 Å². The van der Waals surface area contributed by atoms with Gasteiger partial charge in [-0.05, 0) is 12.1 Å². The largest absolute Gasteiger partial charge is 0.534 e. The van der Waals surface area contributed by atoms with Crippen LogP contribution in [-0.4, -0.2) is 13.9 Å². The van der Waals surface area contributed by atoms with E-state index in [1.54, 1.807) is 6.07 Å². The van der Waals surface area contributed by atoms with Crippen molar-refractivity contribution in [3.8, 4) is 11.8 Å². The summed E-state index contributed by atoms with van der Waals surface area (Å²) < 4.78 is 61.2. The van der Waals surface area contributed by atoms with Crippen LogP contribution in [0.3, 0.4) is 0 Å². The first-order valence-corrected chi connectivity index (χ1v) is 5.67. The Hall–Kier alpha value is -1.46. The second-order valence-corrected chi connectivity index (χ2v) is 4.63. The van der Waals surface area contributed by atoms with Crippen LogP contribution < -0.4 is 4.18 Å². The van der Waals surface area contributed by atoms with Gasteiger partial charge in [-0.2, -0.15) is 26.9 Å². The van der Waals surface area contributed by atoms with E-state index in [0.29, 0.717) is 0 Å². The van der Waals surface area contributed by atoms with Gasteiger partial charge in [0.05, 0.1) is 5.56 Å². The van der Waals surface area contributed by atoms with E-state index in [9.17, 15) is 21.6 Å². The summed E-state index contributed by atoms with van der Waals surface area (Å²) in [4.78, 5) is 0. The quantitative estimate of drug-likeness (QED) is 0.618.